The van der Waals surface area contributed by atoms with Gasteiger partial charge in [0.25, 0.3) is 5.91 Å². The quantitative estimate of drug-likeness (QED) is 0.778. The summed E-state index contributed by atoms with van der Waals surface area (Å²) in [6.45, 7) is 0.469. The number of hydrogen-bond acceptors (Lipinski definition) is 4. The van der Waals surface area contributed by atoms with Crippen molar-refractivity contribution in [1.82, 2.24) is 5.32 Å². The standard InChI is InChI=1S/C16H21N3O2S.ClH/c17-10-16(6-1-2-7-16)19-15(21)11-3-4-13-12(9-11)18-14(20)5-8-22-13;/h3-4,9H,1-2,5-8,10,17H2,(H,18,20)(H,19,21);1H. The van der Waals surface area contributed by atoms with E-state index < -0.39 is 0 Å². The number of anilines is 1. The van der Waals surface area contributed by atoms with Crippen LogP contribution in [0.15, 0.2) is 23.1 Å². The van der Waals surface area contributed by atoms with Gasteiger partial charge in [-0.2, -0.15) is 0 Å². The Labute approximate surface area is 146 Å². The van der Waals surface area contributed by atoms with E-state index >= 15 is 0 Å². The van der Waals surface area contributed by atoms with Crippen LogP contribution < -0.4 is 16.4 Å². The summed E-state index contributed by atoms with van der Waals surface area (Å²) in [5, 5.41) is 5.98. The minimum atomic E-state index is -0.262. The second-order valence-electron chi connectivity index (χ2n) is 6.00. The van der Waals surface area contributed by atoms with Crippen molar-refractivity contribution in [2.75, 3.05) is 17.6 Å². The largest absolute Gasteiger partial charge is 0.345 e. The van der Waals surface area contributed by atoms with E-state index in [2.05, 4.69) is 10.6 Å². The second-order valence-corrected chi connectivity index (χ2v) is 7.14. The van der Waals surface area contributed by atoms with Crippen LogP contribution in [0.25, 0.3) is 0 Å². The molecule has 1 heterocycles. The van der Waals surface area contributed by atoms with Crippen molar-refractivity contribution < 1.29 is 9.59 Å². The van der Waals surface area contributed by atoms with E-state index in [1.54, 1.807) is 17.8 Å². The highest BCUT2D eigenvalue weighted by Crippen LogP contribution is 2.32. The molecule has 2 amide bonds. The van der Waals surface area contributed by atoms with Crippen LogP contribution in [0.1, 0.15) is 42.5 Å². The minimum Gasteiger partial charge on any atom is -0.345 e. The van der Waals surface area contributed by atoms with Gasteiger partial charge in [-0.3, -0.25) is 9.59 Å². The maximum Gasteiger partial charge on any atom is 0.251 e. The van der Waals surface area contributed by atoms with E-state index in [9.17, 15) is 9.59 Å². The van der Waals surface area contributed by atoms with E-state index in [0.717, 1.165) is 42.0 Å². The van der Waals surface area contributed by atoms with Crippen molar-refractivity contribution >= 4 is 41.7 Å². The van der Waals surface area contributed by atoms with E-state index in [-0.39, 0.29) is 29.8 Å². The number of halogens is 1. The third kappa shape index (κ3) is 4.00. The number of hydrogen-bond donors (Lipinski definition) is 3. The molecule has 1 aromatic rings. The fourth-order valence-corrected chi connectivity index (χ4v) is 4.04. The van der Waals surface area contributed by atoms with Crippen molar-refractivity contribution in [2.45, 2.75) is 42.5 Å². The molecule has 1 aliphatic carbocycles. The second kappa shape index (κ2) is 7.55. The van der Waals surface area contributed by atoms with Crippen molar-refractivity contribution in [3.63, 3.8) is 0 Å². The van der Waals surface area contributed by atoms with E-state index in [1.807, 2.05) is 12.1 Å². The molecule has 2 aliphatic rings. The summed E-state index contributed by atoms with van der Waals surface area (Å²) in [6, 6.07) is 5.49. The van der Waals surface area contributed by atoms with Gasteiger partial charge in [0.05, 0.1) is 11.2 Å². The molecule has 1 aromatic carbocycles. The Morgan fingerprint density at radius 3 is 2.78 bits per heavy atom. The van der Waals surface area contributed by atoms with Gasteiger partial charge in [-0.1, -0.05) is 12.8 Å². The van der Waals surface area contributed by atoms with Gasteiger partial charge in [0.15, 0.2) is 0 Å². The summed E-state index contributed by atoms with van der Waals surface area (Å²) in [5.74, 6) is 0.650. The number of carbonyl (C=O) groups is 2. The highest BCUT2D eigenvalue weighted by molar-refractivity contribution is 7.99. The first kappa shape index (κ1) is 18.1. The van der Waals surface area contributed by atoms with Crippen LogP contribution >= 0.6 is 24.2 Å². The third-order valence-electron chi connectivity index (χ3n) is 4.43. The fourth-order valence-electron chi connectivity index (χ4n) is 3.11. The Hall–Kier alpha value is -1.24. The molecule has 7 heteroatoms. The molecule has 3 rings (SSSR count). The van der Waals surface area contributed by atoms with Crippen molar-refractivity contribution in [2.24, 2.45) is 5.73 Å². The Morgan fingerprint density at radius 2 is 2.09 bits per heavy atom. The molecule has 0 bridgehead atoms. The van der Waals surface area contributed by atoms with Gasteiger partial charge in [0, 0.05) is 29.2 Å². The molecule has 126 valence electrons. The number of rotatable bonds is 3. The number of thioether (sulfide) groups is 1. The molecule has 0 spiro atoms. The van der Waals surface area contributed by atoms with Gasteiger partial charge >= 0.3 is 0 Å². The lowest BCUT2D eigenvalue weighted by atomic mass is 9.97. The summed E-state index contributed by atoms with van der Waals surface area (Å²) in [6.07, 6.45) is 4.58. The molecule has 0 radical (unpaired) electrons. The van der Waals surface area contributed by atoms with Gasteiger partial charge < -0.3 is 16.4 Å². The normalized spacial score (nSPS) is 19.1. The number of amides is 2. The SMILES string of the molecule is Cl.NCC1(NC(=O)c2ccc3c(c2)NC(=O)CCS3)CCCC1. The zero-order valence-corrected chi connectivity index (χ0v) is 14.5. The van der Waals surface area contributed by atoms with E-state index in [1.165, 1.54) is 0 Å². The molecular weight excluding hydrogens is 334 g/mol. The topological polar surface area (TPSA) is 84.2 Å². The molecule has 5 nitrogen and oxygen atoms in total. The van der Waals surface area contributed by atoms with Crippen LogP contribution in [0.3, 0.4) is 0 Å². The van der Waals surface area contributed by atoms with Gasteiger partial charge in [-0.25, -0.2) is 0 Å². The van der Waals surface area contributed by atoms with Crippen molar-refractivity contribution in [3.8, 4) is 0 Å². The van der Waals surface area contributed by atoms with Crippen molar-refractivity contribution in [3.05, 3.63) is 23.8 Å². The minimum absolute atomic E-state index is 0. The molecule has 0 saturated heterocycles. The molecule has 23 heavy (non-hydrogen) atoms. The Balaban J connectivity index is 0.00000192. The Kier molecular flexibility index (Phi) is 5.95. The smallest absolute Gasteiger partial charge is 0.251 e. The van der Waals surface area contributed by atoms with Crippen molar-refractivity contribution in [1.29, 1.82) is 0 Å². The third-order valence-corrected chi connectivity index (χ3v) is 5.51. The lowest BCUT2D eigenvalue weighted by Crippen LogP contribution is -2.51. The summed E-state index contributed by atoms with van der Waals surface area (Å²) in [4.78, 5) is 25.2. The average molecular weight is 356 g/mol. The highest BCUT2D eigenvalue weighted by Gasteiger charge is 2.34. The van der Waals surface area contributed by atoms with Crippen LogP contribution in [0.2, 0.25) is 0 Å². The predicted molar refractivity (Wildman–Crippen MR) is 95.4 cm³/mol. The first-order valence-corrected chi connectivity index (χ1v) is 8.70. The monoisotopic (exact) mass is 355 g/mol. The number of nitrogens with two attached hydrogens (primary N) is 1. The highest BCUT2D eigenvalue weighted by atomic mass is 35.5. The maximum atomic E-state index is 12.5. The number of nitrogens with one attached hydrogen (secondary N) is 2. The average Bonchev–Trinajstić information content (AvgIpc) is 2.89. The van der Waals surface area contributed by atoms with Gasteiger partial charge in [0.2, 0.25) is 5.91 Å². The van der Waals surface area contributed by atoms with Crippen LogP contribution in [-0.4, -0.2) is 29.7 Å². The first-order valence-electron chi connectivity index (χ1n) is 7.71. The maximum absolute atomic E-state index is 12.5. The predicted octanol–water partition coefficient (Wildman–Crippen LogP) is 2.54. The van der Waals surface area contributed by atoms with E-state index in [0.29, 0.717) is 18.5 Å². The lowest BCUT2D eigenvalue weighted by Gasteiger charge is -2.28. The summed E-state index contributed by atoms with van der Waals surface area (Å²) < 4.78 is 0. The number of fused-ring (bicyclic) bond motifs is 1. The molecule has 0 aromatic heterocycles. The van der Waals surface area contributed by atoms with Crippen LogP contribution in [-0.2, 0) is 4.79 Å². The number of benzene rings is 1. The van der Waals surface area contributed by atoms with E-state index in [4.69, 9.17) is 5.73 Å². The van der Waals surface area contributed by atoms with Gasteiger partial charge in [0.1, 0.15) is 0 Å². The molecule has 1 saturated carbocycles. The summed E-state index contributed by atoms with van der Waals surface area (Å²) in [7, 11) is 0. The van der Waals surface area contributed by atoms with Crippen LogP contribution in [0, 0.1) is 0 Å². The Morgan fingerprint density at radius 1 is 1.35 bits per heavy atom. The Bertz CT molecular complexity index is 603. The molecule has 0 unspecified atom stereocenters. The van der Waals surface area contributed by atoms with Gasteiger partial charge in [-0.05, 0) is 31.0 Å². The number of carbonyl (C=O) groups excluding carboxylic acids is 2. The fraction of sp³-hybridized carbons (Fsp3) is 0.500. The van der Waals surface area contributed by atoms with Crippen LogP contribution in [0.5, 0.6) is 0 Å². The zero-order chi connectivity index (χ0) is 15.6. The van der Waals surface area contributed by atoms with Gasteiger partial charge in [-0.15, -0.1) is 24.2 Å². The molecule has 0 atom stereocenters. The first-order chi connectivity index (χ1) is 10.6. The lowest BCUT2D eigenvalue weighted by molar-refractivity contribution is -0.115. The summed E-state index contributed by atoms with van der Waals surface area (Å²) >= 11 is 1.64. The van der Waals surface area contributed by atoms with Crippen LogP contribution in [0.4, 0.5) is 5.69 Å². The molecule has 4 N–H and O–H groups in total. The summed E-state index contributed by atoms with van der Waals surface area (Å²) in [5.41, 5.74) is 6.91. The molecule has 1 aliphatic heterocycles. The molecule has 1 fully saturated rings. The zero-order valence-electron chi connectivity index (χ0n) is 12.9. The molecular formula is C16H22ClN3O2S.